The van der Waals surface area contributed by atoms with Crippen LogP contribution in [0.25, 0.3) is 0 Å². The molecule has 1 saturated heterocycles. The first kappa shape index (κ1) is 18.4. The van der Waals surface area contributed by atoms with Crippen LogP contribution in [0.3, 0.4) is 0 Å². The number of benzene rings is 1. The van der Waals surface area contributed by atoms with Gasteiger partial charge in [0.25, 0.3) is 0 Å². The van der Waals surface area contributed by atoms with Gasteiger partial charge in [-0.2, -0.15) is 4.98 Å². The van der Waals surface area contributed by atoms with E-state index in [1.165, 1.54) is 0 Å². The molecule has 26 heavy (non-hydrogen) atoms. The van der Waals surface area contributed by atoms with Crippen molar-refractivity contribution in [2.75, 3.05) is 69.0 Å². The summed E-state index contributed by atoms with van der Waals surface area (Å²) in [5, 5.41) is 6.73. The molecule has 1 aromatic carbocycles. The number of anilines is 4. The molecule has 0 saturated carbocycles. The number of morpholine rings is 1. The van der Waals surface area contributed by atoms with Crippen LogP contribution in [0.5, 0.6) is 0 Å². The second-order valence-corrected chi connectivity index (χ2v) is 6.59. The average Bonchev–Trinajstić information content (AvgIpc) is 2.67. The zero-order valence-corrected chi connectivity index (χ0v) is 15.6. The summed E-state index contributed by atoms with van der Waals surface area (Å²) in [5.74, 6) is 1.44. The van der Waals surface area contributed by atoms with Gasteiger partial charge in [0.1, 0.15) is 5.82 Å². The predicted octanol–water partition coefficient (Wildman–Crippen LogP) is 2.42. The van der Waals surface area contributed by atoms with E-state index in [1.807, 2.05) is 12.1 Å². The molecule has 2 N–H and O–H groups in total. The van der Waals surface area contributed by atoms with Gasteiger partial charge in [-0.05, 0) is 45.3 Å². The van der Waals surface area contributed by atoms with Gasteiger partial charge in [0.15, 0.2) is 0 Å². The summed E-state index contributed by atoms with van der Waals surface area (Å²) in [7, 11) is 4.16. The monoisotopic (exact) mass is 356 g/mol. The van der Waals surface area contributed by atoms with E-state index in [-0.39, 0.29) is 0 Å². The second-order valence-electron chi connectivity index (χ2n) is 6.59. The SMILES string of the molecule is CN(C)CCCNc1ccnc(Nc2ccccc2N2CCOCC2)n1. The first-order valence-electron chi connectivity index (χ1n) is 9.13. The van der Waals surface area contributed by atoms with Gasteiger partial charge in [-0.3, -0.25) is 0 Å². The predicted molar refractivity (Wildman–Crippen MR) is 106 cm³/mol. The molecule has 2 aromatic rings. The Morgan fingerprint density at radius 3 is 2.77 bits per heavy atom. The van der Waals surface area contributed by atoms with Crippen LogP contribution in [0.2, 0.25) is 0 Å². The van der Waals surface area contributed by atoms with Gasteiger partial charge >= 0.3 is 0 Å². The van der Waals surface area contributed by atoms with Gasteiger partial charge in [0.2, 0.25) is 5.95 Å². The first-order chi connectivity index (χ1) is 12.7. The molecule has 1 aliphatic heterocycles. The van der Waals surface area contributed by atoms with Crippen LogP contribution in [-0.4, -0.2) is 68.4 Å². The van der Waals surface area contributed by atoms with Crippen molar-refractivity contribution >= 4 is 23.1 Å². The lowest BCUT2D eigenvalue weighted by Gasteiger charge is -2.30. The third kappa shape index (κ3) is 5.31. The molecule has 0 atom stereocenters. The number of para-hydroxylation sites is 2. The van der Waals surface area contributed by atoms with E-state index in [0.717, 1.165) is 63.0 Å². The quantitative estimate of drug-likeness (QED) is 0.704. The number of nitrogens with one attached hydrogen (secondary N) is 2. The molecule has 0 radical (unpaired) electrons. The normalized spacial score (nSPS) is 14.5. The van der Waals surface area contributed by atoms with E-state index in [4.69, 9.17) is 4.74 Å². The number of aromatic nitrogens is 2. The van der Waals surface area contributed by atoms with Crippen molar-refractivity contribution < 1.29 is 4.74 Å². The van der Waals surface area contributed by atoms with E-state index in [9.17, 15) is 0 Å². The zero-order chi connectivity index (χ0) is 18.2. The Bertz CT molecular complexity index is 687. The fourth-order valence-electron chi connectivity index (χ4n) is 2.91. The number of rotatable bonds is 8. The van der Waals surface area contributed by atoms with E-state index in [1.54, 1.807) is 6.20 Å². The highest BCUT2D eigenvalue weighted by Gasteiger charge is 2.15. The van der Waals surface area contributed by atoms with Crippen LogP contribution in [-0.2, 0) is 4.74 Å². The molecule has 1 aliphatic rings. The lowest BCUT2D eigenvalue weighted by atomic mass is 10.2. The largest absolute Gasteiger partial charge is 0.378 e. The van der Waals surface area contributed by atoms with Crippen LogP contribution >= 0.6 is 0 Å². The maximum Gasteiger partial charge on any atom is 0.229 e. The highest BCUT2D eigenvalue weighted by Crippen LogP contribution is 2.28. The standard InChI is InChI=1S/C19H28N6O/c1-24(2)11-5-9-20-18-8-10-21-19(23-18)22-16-6-3-4-7-17(16)25-12-14-26-15-13-25/h3-4,6-8,10H,5,9,11-15H2,1-2H3,(H2,20,21,22,23). The second kappa shape index (κ2) is 9.35. The van der Waals surface area contributed by atoms with Crippen LogP contribution < -0.4 is 15.5 Å². The summed E-state index contributed by atoms with van der Waals surface area (Å²) >= 11 is 0. The van der Waals surface area contributed by atoms with Gasteiger partial charge in [-0.25, -0.2) is 4.98 Å². The Morgan fingerprint density at radius 1 is 1.15 bits per heavy atom. The van der Waals surface area contributed by atoms with Crippen molar-refractivity contribution in [3.63, 3.8) is 0 Å². The molecule has 1 aromatic heterocycles. The lowest BCUT2D eigenvalue weighted by molar-refractivity contribution is 0.123. The van der Waals surface area contributed by atoms with Gasteiger partial charge in [0.05, 0.1) is 24.6 Å². The molecule has 0 bridgehead atoms. The highest BCUT2D eigenvalue weighted by atomic mass is 16.5. The molecule has 1 fully saturated rings. The molecular formula is C19H28N6O. The minimum absolute atomic E-state index is 0.600. The van der Waals surface area contributed by atoms with Crippen molar-refractivity contribution in [3.05, 3.63) is 36.5 Å². The third-order valence-corrected chi connectivity index (χ3v) is 4.25. The minimum atomic E-state index is 0.600. The molecule has 0 amide bonds. The van der Waals surface area contributed by atoms with E-state index in [2.05, 4.69) is 62.7 Å². The maximum atomic E-state index is 5.46. The summed E-state index contributed by atoms with van der Waals surface area (Å²) in [6, 6.07) is 10.2. The third-order valence-electron chi connectivity index (χ3n) is 4.25. The van der Waals surface area contributed by atoms with Gasteiger partial charge < -0.3 is 25.2 Å². The fourth-order valence-corrected chi connectivity index (χ4v) is 2.91. The van der Waals surface area contributed by atoms with Crippen LogP contribution in [0.15, 0.2) is 36.5 Å². The molecule has 140 valence electrons. The smallest absolute Gasteiger partial charge is 0.229 e. The molecule has 7 heteroatoms. The molecule has 3 rings (SSSR count). The molecule has 0 aliphatic carbocycles. The molecule has 0 unspecified atom stereocenters. The lowest BCUT2D eigenvalue weighted by Crippen LogP contribution is -2.36. The van der Waals surface area contributed by atoms with Crippen molar-refractivity contribution in [1.82, 2.24) is 14.9 Å². The van der Waals surface area contributed by atoms with Gasteiger partial charge in [-0.1, -0.05) is 12.1 Å². The molecular weight excluding hydrogens is 328 g/mol. The summed E-state index contributed by atoms with van der Waals surface area (Å²) in [4.78, 5) is 13.5. The van der Waals surface area contributed by atoms with Crippen molar-refractivity contribution in [3.8, 4) is 0 Å². The Hall–Kier alpha value is -2.38. The van der Waals surface area contributed by atoms with Crippen molar-refractivity contribution in [2.24, 2.45) is 0 Å². The van der Waals surface area contributed by atoms with E-state index in [0.29, 0.717) is 5.95 Å². The Labute approximate surface area is 155 Å². The zero-order valence-electron chi connectivity index (χ0n) is 15.6. The number of nitrogens with zero attached hydrogens (tertiary/aromatic N) is 4. The Balaban J connectivity index is 1.64. The molecule has 2 heterocycles. The number of hydrogen-bond acceptors (Lipinski definition) is 7. The van der Waals surface area contributed by atoms with Crippen molar-refractivity contribution in [1.29, 1.82) is 0 Å². The summed E-state index contributed by atoms with van der Waals surface area (Å²) in [6.45, 7) is 5.25. The Kier molecular flexibility index (Phi) is 6.62. The first-order valence-corrected chi connectivity index (χ1v) is 9.13. The van der Waals surface area contributed by atoms with Crippen LogP contribution in [0, 0.1) is 0 Å². The van der Waals surface area contributed by atoms with Gasteiger partial charge in [-0.15, -0.1) is 0 Å². The van der Waals surface area contributed by atoms with E-state index < -0.39 is 0 Å². The summed E-state index contributed by atoms with van der Waals surface area (Å²) < 4.78 is 5.46. The topological polar surface area (TPSA) is 65.5 Å². The maximum absolute atomic E-state index is 5.46. The fraction of sp³-hybridized carbons (Fsp3) is 0.474. The van der Waals surface area contributed by atoms with Gasteiger partial charge in [0, 0.05) is 25.8 Å². The van der Waals surface area contributed by atoms with Crippen LogP contribution in [0.4, 0.5) is 23.1 Å². The molecule has 0 spiro atoms. The molecule has 7 nitrogen and oxygen atoms in total. The van der Waals surface area contributed by atoms with Crippen molar-refractivity contribution in [2.45, 2.75) is 6.42 Å². The van der Waals surface area contributed by atoms with Crippen LogP contribution in [0.1, 0.15) is 6.42 Å². The summed E-state index contributed by atoms with van der Waals surface area (Å²) in [6.07, 6.45) is 2.85. The number of ether oxygens (including phenoxy) is 1. The minimum Gasteiger partial charge on any atom is -0.378 e. The number of hydrogen-bond donors (Lipinski definition) is 2. The highest BCUT2D eigenvalue weighted by molar-refractivity contribution is 5.73. The summed E-state index contributed by atoms with van der Waals surface area (Å²) in [5.41, 5.74) is 2.17. The van der Waals surface area contributed by atoms with E-state index >= 15 is 0 Å². The average molecular weight is 356 g/mol. The Morgan fingerprint density at radius 2 is 1.96 bits per heavy atom.